The van der Waals surface area contributed by atoms with Crippen LogP contribution in [0.25, 0.3) is 0 Å². The van der Waals surface area contributed by atoms with Gasteiger partial charge < -0.3 is 20.0 Å². The van der Waals surface area contributed by atoms with Gasteiger partial charge in [0.25, 0.3) is 0 Å². The third-order valence-electron chi connectivity index (χ3n) is 2.17. The van der Waals surface area contributed by atoms with E-state index in [1.807, 2.05) is 38.0 Å². The molecule has 4 heteroatoms. The Morgan fingerprint density at radius 2 is 1.69 bits per heavy atom. The summed E-state index contributed by atoms with van der Waals surface area (Å²) in [6.45, 7) is 0.840. The third-order valence-corrected chi connectivity index (χ3v) is 2.17. The largest absolute Gasteiger partial charge is 0.395 e. The smallest absolute Gasteiger partial charge is 0.0729 e. The van der Waals surface area contributed by atoms with Gasteiger partial charge in [0.05, 0.1) is 18.8 Å². The minimum atomic E-state index is -0.456. The summed E-state index contributed by atoms with van der Waals surface area (Å²) in [5.74, 6) is 0. The lowest BCUT2D eigenvalue weighted by molar-refractivity contribution is 0.0310. The Balaban J connectivity index is 3.84. The Hall–Kier alpha value is -0.160. The molecule has 0 aliphatic heterocycles. The lowest BCUT2D eigenvalue weighted by Crippen LogP contribution is -2.43. The fourth-order valence-corrected chi connectivity index (χ4v) is 1.21. The summed E-state index contributed by atoms with van der Waals surface area (Å²) in [7, 11) is 7.66. The van der Waals surface area contributed by atoms with E-state index in [4.69, 9.17) is 5.11 Å². The van der Waals surface area contributed by atoms with Crippen molar-refractivity contribution in [2.24, 2.45) is 0 Å². The average molecular weight is 190 g/mol. The minimum absolute atomic E-state index is 0.00158. The molecule has 2 unspecified atom stereocenters. The quantitative estimate of drug-likeness (QED) is 0.577. The van der Waals surface area contributed by atoms with Crippen LogP contribution in [0, 0.1) is 0 Å². The molecule has 0 spiro atoms. The SMILES string of the molecule is CN(C)CCC(O)C(CO)N(C)C. The summed E-state index contributed by atoms with van der Waals surface area (Å²) in [6.07, 6.45) is 0.235. The molecule has 0 radical (unpaired) electrons. The van der Waals surface area contributed by atoms with E-state index in [1.165, 1.54) is 0 Å². The molecule has 0 amide bonds. The van der Waals surface area contributed by atoms with Gasteiger partial charge in [0.2, 0.25) is 0 Å². The van der Waals surface area contributed by atoms with Gasteiger partial charge in [-0.1, -0.05) is 0 Å². The first-order chi connectivity index (χ1) is 5.99. The van der Waals surface area contributed by atoms with Crippen molar-refractivity contribution in [1.82, 2.24) is 9.80 Å². The van der Waals surface area contributed by atoms with Crippen molar-refractivity contribution in [2.45, 2.75) is 18.6 Å². The molecule has 0 saturated carbocycles. The van der Waals surface area contributed by atoms with Gasteiger partial charge in [0.15, 0.2) is 0 Å². The zero-order valence-electron chi connectivity index (χ0n) is 9.06. The van der Waals surface area contributed by atoms with Crippen LogP contribution in [0.4, 0.5) is 0 Å². The molecule has 0 aromatic carbocycles. The molecule has 0 rings (SSSR count). The maximum atomic E-state index is 9.70. The molecule has 0 aromatic rings. The lowest BCUT2D eigenvalue weighted by Gasteiger charge is -2.27. The standard InChI is InChI=1S/C9H22N2O2/c1-10(2)6-5-9(13)8(7-12)11(3)4/h8-9,12-13H,5-7H2,1-4H3. The number of aliphatic hydroxyl groups is 2. The van der Waals surface area contributed by atoms with E-state index in [0.717, 1.165) is 6.54 Å². The van der Waals surface area contributed by atoms with Crippen molar-refractivity contribution in [3.8, 4) is 0 Å². The van der Waals surface area contributed by atoms with Gasteiger partial charge in [-0.25, -0.2) is 0 Å². The molecule has 2 atom stereocenters. The summed E-state index contributed by atoms with van der Waals surface area (Å²) in [6, 6.07) is -0.153. The van der Waals surface area contributed by atoms with Crippen LogP contribution in [0.5, 0.6) is 0 Å². The van der Waals surface area contributed by atoms with E-state index in [-0.39, 0.29) is 12.6 Å². The molecular weight excluding hydrogens is 168 g/mol. The van der Waals surface area contributed by atoms with Gasteiger partial charge in [-0.05, 0) is 34.6 Å². The molecule has 0 aliphatic rings. The van der Waals surface area contributed by atoms with Crippen LogP contribution in [-0.4, -0.2) is 73.5 Å². The van der Waals surface area contributed by atoms with Gasteiger partial charge in [-0.2, -0.15) is 0 Å². The minimum Gasteiger partial charge on any atom is -0.395 e. The summed E-state index contributed by atoms with van der Waals surface area (Å²) >= 11 is 0. The van der Waals surface area contributed by atoms with Crippen LogP contribution in [0.2, 0.25) is 0 Å². The molecule has 0 aliphatic carbocycles. The first kappa shape index (κ1) is 12.8. The Labute approximate surface area is 80.8 Å². The highest BCUT2D eigenvalue weighted by molar-refractivity contribution is 4.75. The molecule has 0 bridgehead atoms. The van der Waals surface area contributed by atoms with E-state index < -0.39 is 6.10 Å². The van der Waals surface area contributed by atoms with Gasteiger partial charge in [-0.15, -0.1) is 0 Å². The van der Waals surface area contributed by atoms with Crippen LogP contribution in [0.1, 0.15) is 6.42 Å². The summed E-state index contributed by atoms with van der Waals surface area (Å²) in [5, 5.41) is 18.7. The Morgan fingerprint density at radius 1 is 1.15 bits per heavy atom. The average Bonchev–Trinajstić information content (AvgIpc) is 2.01. The second kappa shape index (κ2) is 6.32. The van der Waals surface area contributed by atoms with Crippen LogP contribution in [0.3, 0.4) is 0 Å². The van der Waals surface area contributed by atoms with Crippen LogP contribution >= 0.6 is 0 Å². The second-order valence-electron chi connectivity index (χ2n) is 3.87. The first-order valence-corrected chi connectivity index (χ1v) is 4.59. The number of likely N-dealkylation sites (N-methyl/N-ethyl adjacent to an activating group) is 1. The van der Waals surface area contributed by atoms with E-state index in [2.05, 4.69) is 0 Å². The van der Waals surface area contributed by atoms with Crippen molar-refractivity contribution in [1.29, 1.82) is 0 Å². The fraction of sp³-hybridized carbons (Fsp3) is 1.00. The van der Waals surface area contributed by atoms with Gasteiger partial charge in [0, 0.05) is 6.54 Å². The molecule has 0 saturated heterocycles. The van der Waals surface area contributed by atoms with E-state index in [1.54, 1.807) is 0 Å². The van der Waals surface area contributed by atoms with Crippen molar-refractivity contribution in [2.75, 3.05) is 41.3 Å². The van der Waals surface area contributed by atoms with Gasteiger partial charge in [-0.3, -0.25) is 0 Å². The number of nitrogens with zero attached hydrogens (tertiary/aromatic N) is 2. The Kier molecular flexibility index (Phi) is 6.24. The van der Waals surface area contributed by atoms with Crippen molar-refractivity contribution < 1.29 is 10.2 Å². The highest BCUT2D eigenvalue weighted by atomic mass is 16.3. The zero-order valence-corrected chi connectivity index (χ0v) is 9.06. The monoisotopic (exact) mass is 190 g/mol. The fourth-order valence-electron chi connectivity index (χ4n) is 1.21. The Bertz CT molecular complexity index is 129. The number of hydrogen-bond acceptors (Lipinski definition) is 4. The summed E-state index contributed by atoms with van der Waals surface area (Å²) in [5.41, 5.74) is 0. The predicted octanol–water partition coefficient (Wildman–Crippen LogP) is -0.778. The third kappa shape index (κ3) is 5.21. The van der Waals surface area contributed by atoms with Crippen LogP contribution < -0.4 is 0 Å². The predicted molar refractivity (Wildman–Crippen MR) is 53.7 cm³/mol. The highest BCUT2D eigenvalue weighted by Gasteiger charge is 2.19. The summed E-state index contributed by atoms with van der Waals surface area (Å²) < 4.78 is 0. The molecular formula is C9H22N2O2. The second-order valence-corrected chi connectivity index (χ2v) is 3.87. The molecule has 80 valence electrons. The zero-order chi connectivity index (χ0) is 10.4. The maximum Gasteiger partial charge on any atom is 0.0729 e. The van der Waals surface area contributed by atoms with Gasteiger partial charge >= 0.3 is 0 Å². The molecule has 4 nitrogen and oxygen atoms in total. The van der Waals surface area contributed by atoms with Crippen molar-refractivity contribution in [3.05, 3.63) is 0 Å². The molecule has 13 heavy (non-hydrogen) atoms. The van der Waals surface area contributed by atoms with Crippen LogP contribution in [0.15, 0.2) is 0 Å². The molecule has 0 heterocycles. The molecule has 0 fully saturated rings. The first-order valence-electron chi connectivity index (χ1n) is 4.59. The highest BCUT2D eigenvalue weighted by Crippen LogP contribution is 2.04. The van der Waals surface area contributed by atoms with Crippen LogP contribution in [-0.2, 0) is 0 Å². The number of aliphatic hydroxyl groups excluding tert-OH is 2. The van der Waals surface area contributed by atoms with Crippen molar-refractivity contribution in [3.63, 3.8) is 0 Å². The molecule has 2 N–H and O–H groups in total. The maximum absolute atomic E-state index is 9.70. The number of hydrogen-bond donors (Lipinski definition) is 2. The van der Waals surface area contributed by atoms with E-state index >= 15 is 0 Å². The van der Waals surface area contributed by atoms with Gasteiger partial charge in [0.1, 0.15) is 0 Å². The van der Waals surface area contributed by atoms with E-state index in [0.29, 0.717) is 6.42 Å². The van der Waals surface area contributed by atoms with E-state index in [9.17, 15) is 5.11 Å². The lowest BCUT2D eigenvalue weighted by atomic mass is 10.1. The topological polar surface area (TPSA) is 46.9 Å². The number of rotatable bonds is 6. The van der Waals surface area contributed by atoms with Crippen molar-refractivity contribution >= 4 is 0 Å². The Morgan fingerprint density at radius 3 is 2.00 bits per heavy atom. The molecule has 0 aromatic heterocycles. The normalized spacial score (nSPS) is 16.6. The summed E-state index contributed by atoms with van der Waals surface area (Å²) in [4.78, 5) is 3.87.